The molecule has 1 N–H and O–H groups in total. The predicted molar refractivity (Wildman–Crippen MR) is 114 cm³/mol. The highest BCUT2D eigenvalue weighted by molar-refractivity contribution is 5.98. The van der Waals surface area contributed by atoms with Crippen LogP contribution in [0.25, 0.3) is 0 Å². The number of hydrogen-bond acceptors (Lipinski definition) is 3. The number of hydrogen-bond donors (Lipinski definition) is 1. The molecule has 0 aromatic heterocycles. The monoisotopic (exact) mass is 394 g/mol. The fourth-order valence-corrected chi connectivity index (χ4v) is 3.79. The summed E-state index contributed by atoms with van der Waals surface area (Å²) in [6.07, 6.45) is 4.31. The van der Waals surface area contributed by atoms with Gasteiger partial charge in [0.05, 0.1) is 19.2 Å². The van der Waals surface area contributed by atoms with Gasteiger partial charge in [0.1, 0.15) is 5.75 Å². The molecule has 3 rings (SSSR count). The molecule has 0 atom stereocenters. The number of para-hydroxylation sites is 1. The van der Waals surface area contributed by atoms with Gasteiger partial charge >= 0.3 is 0 Å². The molecule has 0 radical (unpaired) electrons. The first-order chi connectivity index (χ1) is 14.1. The van der Waals surface area contributed by atoms with E-state index in [0.29, 0.717) is 17.2 Å². The molecular formula is C24H30N2O3. The van der Waals surface area contributed by atoms with E-state index >= 15 is 0 Å². The third-order valence-corrected chi connectivity index (χ3v) is 5.68. The molecule has 2 aromatic rings. The quantitative estimate of drug-likeness (QED) is 0.781. The first-order valence-corrected chi connectivity index (χ1v) is 10.3. The molecule has 0 spiro atoms. The fourth-order valence-electron chi connectivity index (χ4n) is 3.79. The summed E-state index contributed by atoms with van der Waals surface area (Å²) in [5, 5.41) is 2.72. The Morgan fingerprint density at radius 1 is 1.07 bits per heavy atom. The van der Waals surface area contributed by atoms with Crippen LogP contribution in [0.3, 0.4) is 0 Å². The van der Waals surface area contributed by atoms with Crippen molar-refractivity contribution in [3.05, 3.63) is 65.2 Å². The molecule has 29 heavy (non-hydrogen) atoms. The maximum atomic E-state index is 12.5. The number of amides is 2. The van der Waals surface area contributed by atoms with E-state index in [4.69, 9.17) is 4.74 Å². The van der Waals surface area contributed by atoms with E-state index in [9.17, 15) is 9.59 Å². The maximum Gasteiger partial charge on any atom is 0.255 e. The maximum absolute atomic E-state index is 12.5. The standard InChI is InChI=1S/C24H30N2O3/c1-18-7-9-19(10-8-18)11-12-20-13-15-26(16-14-20)23(27)17-25-24(28)21-5-3-4-6-22(21)29-2/h3-10,20H,11-17H2,1-2H3,(H,25,28). The average Bonchev–Trinajstić information content (AvgIpc) is 2.77. The highest BCUT2D eigenvalue weighted by Gasteiger charge is 2.23. The van der Waals surface area contributed by atoms with Crippen LogP contribution in [0.2, 0.25) is 0 Å². The van der Waals surface area contributed by atoms with E-state index in [-0.39, 0.29) is 18.4 Å². The predicted octanol–water partition coefficient (Wildman–Crippen LogP) is 3.60. The average molecular weight is 395 g/mol. The number of ether oxygens (including phenoxy) is 1. The molecule has 0 aliphatic carbocycles. The van der Waals surface area contributed by atoms with Crippen LogP contribution in [0.1, 0.15) is 40.7 Å². The molecule has 1 saturated heterocycles. The van der Waals surface area contributed by atoms with Crippen LogP contribution in [0.15, 0.2) is 48.5 Å². The van der Waals surface area contributed by atoms with Crippen LogP contribution in [0, 0.1) is 12.8 Å². The number of nitrogens with zero attached hydrogens (tertiary/aromatic N) is 1. The van der Waals surface area contributed by atoms with Gasteiger partial charge in [-0.25, -0.2) is 0 Å². The SMILES string of the molecule is COc1ccccc1C(=O)NCC(=O)N1CCC(CCc2ccc(C)cc2)CC1. The largest absolute Gasteiger partial charge is 0.496 e. The zero-order valence-corrected chi connectivity index (χ0v) is 17.3. The zero-order chi connectivity index (χ0) is 20.6. The Morgan fingerprint density at radius 3 is 2.45 bits per heavy atom. The minimum Gasteiger partial charge on any atom is -0.496 e. The van der Waals surface area contributed by atoms with Crippen molar-refractivity contribution in [3.8, 4) is 5.75 Å². The first-order valence-electron chi connectivity index (χ1n) is 10.3. The molecule has 2 amide bonds. The lowest BCUT2D eigenvalue weighted by Crippen LogP contribution is -2.44. The fraction of sp³-hybridized carbons (Fsp3) is 0.417. The number of piperidine rings is 1. The van der Waals surface area contributed by atoms with Crippen molar-refractivity contribution in [1.82, 2.24) is 10.2 Å². The molecule has 1 aliphatic heterocycles. The smallest absolute Gasteiger partial charge is 0.255 e. The summed E-state index contributed by atoms with van der Waals surface area (Å²) >= 11 is 0. The van der Waals surface area contributed by atoms with Gasteiger partial charge in [-0.1, -0.05) is 42.0 Å². The summed E-state index contributed by atoms with van der Waals surface area (Å²) < 4.78 is 5.21. The summed E-state index contributed by atoms with van der Waals surface area (Å²) in [7, 11) is 1.53. The normalized spacial score (nSPS) is 14.5. The molecule has 154 valence electrons. The van der Waals surface area contributed by atoms with Gasteiger partial charge in [-0.05, 0) is 56.2 Å². The number of methoxy groups -OCH3 is 1. The molecule has 2 aromatic carbocycles. The lowest BCUT2D eigenvalue weighted by atomic mass is 9.90. The molecular weight excluding hydrogens is 364 g/mol. The summed E-state index contributed by atoms with van der Waals surface area (Å²) in [6, 6.07) is 15.8. The van der Waals surface area contributed by atoms with Gasteiger partial charge in [-0.3, -0.25) is 9.59 Å². The highest BCUT2D eigenvalue weighted by Crippen LogP contribution is 2.23. The minimum atomic E-state index is -0.288. The molecule has 0 saturated carbocycles. The van der Waals surface area contributed by atoms with Crippen molar-refractivity contribution >= 4 is 11.8 Å². The zero-order valence-electron chi connectivity index (χ0n) is 17.3. The first kappa shape index (κ1) is 20.9. The number of aryl methyl sites for hydroxylation is 2. The van der Waals surface area contributed by atoms with Crippen molar-refractivity contribution < 1.29 is 14.3 Å². The van der Waals surface area contributed by atoms with E-state index < -0.39 is 0 Å². The topological polar surface area (TPSA) is 58.6 Å². The molecule has 5 heteroatoms. The van der Waals surface area contributed by atoms with Gasteiger partial charge in [0, 0.05) is 13.1 Å². The van der Waals surface area contributed by atoms with Gasteiger partial charge in [0.25, 0.3) is 5.91 Å². The Hall–Kier alpha value is -2.82. The number of carbonyl (C=O) groups excluding carboxylic acids is 2. The van der Waals surface area contributed by atoms with Crippen molar-refractivity contribution in [2.24, 2.45) is 5.92 Å². The van der Waals surface area contributed by atoms with Crippen LogP contribution in [-0.2, 0) is 11.2 Å². The molecule has 5 nitrogen and oxygen atoms in total. The van der Waals surface area contributed by atoms with Crippen LogP contribution in [0.5, 0.6) is 5.75 Å². The minimum absolute atomic E-state index is 0.0188. The van der Waals surface area contributed by atoms with Crippen LogP contribution >= 0.6 is 0 Å². The summed E-state index contributed by atoms with van der Waals surface area (Å²) in [5.74, 6) is 0.851. The molecule has 0 unspecified atom stereocenters. The van der Waals surface area contributed by atoms with E-state index in [1.165, 1.54) is 18.2 Å². The summed E-state index contributed by atoms with van der Waals surface area (Å²) in [5.41, 5.74) is 3.11. The lowest BCUT2D eigenvalue weighted by Gasteiger charge is -2.32. The van der Waals surface area contributed by atoms with Crippen LogP contribution < -0.4 is 10.1 Å². The van der Waals surface area contributed by atoms with Gasteiger partial charge in [0.2, 0.25) is 5.91 Å². The second kappa shape index (κ2) is 10.1. The van der Waals surface area contributed by atoms with Gasteiger partial charge in [-0.2, -0.15) is 0 Å². The van der Waals surface area contributed by atoms with Crippen molar-refractivity contribution in [2.75, 3.05) is 26.7 Å². The van der Waals surface area contributed by atoms with E-state index in [1.54, 1.807) is 18.2 Å². The van der Waals surface area contributed by atoms with Crippen molar-refractivity contribution in [2.45, 2.75) is 32.6 Å². The van der Waals surface area contributed by atoms with Crippen molar-refractivity contribution in [3.63, 3.8) is 0 Å². The second-order valence-electron chi connectivity index (χ2n) is 7.73. The van der Waals surface area contributed by atoms with Gasteiger partial charge in [0.15, 0.2) is 0 Å². The number of nitrogens with one attached hydrogen (secondary N) is 1. The summed E-state index contributed by atoms with van der Waals surface area (Å²) in [6.45, 7) is 3.66. The third-order valence-electron chi connectivity index (χ3n) is 5.68. The molecule has 0 bridgehead atoms. The number of likely N-dealkylation sites (tertiary alicyclic amines) is 1. The Bertz CT molecular complexity index is 824. The second-order valence-corrected chi connectivity index (χ2v) is 7.73. The molecule has 1 heterocycles. The number of rotatable bonds is 7. The Kier molecular flexibility index (Phi) is 7.28. The van der Waals surface area contributed by atoms with Crippen LogP contribution in [0.4, 0.5) is 0 Å². The number of carbonyl (C=O) groups is 2. The molecule has 1 aliphatic rings. The van der Waals surface area contributed by atoms with Gasteiger partial charge < -0.3 is 15.0 Å². The Morgan fingerprint density at radius 2 is 1.76 bits per heavy atom. The molecule has 1 fully saturated rings. The van der Waals surface area contributed by atoms with E-state index in [1.807, 2.05) is 11.0 Å². The van der Waals surface area contributed by atoms with Gasteiger partial charge in [-0.15, -0.1) is 0 Å². The third kappa shape index (κ3) is 5.83. The Labute approximate surface area is 173 Å². The summed E-state index contributed by atoms with van der Waals surface area (Å²) in [4.78, 5) is 26.7. The van der Waals surface area contributed by atoms with Crippen molar-refractivity contribution in [1.29, 1.82) is 0 Å². The van der Waals surface area contributed by atoms with E-state index in [2.05, 4.69) is 36.5 Å². The highest BCUT2D eigenvalue weighted by atomic mass is 16.5. The lowest BCUT2D eigenvalue weighted by molar-refractivity contribution is -0.131. The Balaban J connectivity index is 1.40. The van der Waals surface area contributed by atoms with E-state index in [0.717, 1.165) is 38.8 Å². The van der Waals surface area contributed by atoms with Crippen LogP contribution in [-0.4, -0.2) is 43.5 Å². The number of benzene rings is 2.